The Morgan fingerprint density at radius 2 is 1.76 bits per heavy atom. The van der Waals surface area contributed by atoms with Gasteiger partial charge in [-0.15, -0.1) is 0 Å². The number of fused-ring (bicyclic) bond motifs is 2. The molecule has 0 radical (unpaired) electrons. The number of aromatic nitrogens is 1. The van der Waals surface area contributed by atoms with Crippen LogP contribution < -0.4 is 0 Å². The molecule has 0 bridgehead atoms. The molecule has 0 saturated heterocycles. The number of benzene rings is 3. The Bertz CT molecular complexity index is 1360. The van der Waals surface area contributed by atoms with Gasteiger partial charge >= 0.3 is 12.1 Å². The van der Waals surface area contributed by atoms with Gasteiger partial charge in [0.2, 0.25) is 0 Å². The second-order valence-electron chi connectivity index (χ2n) is 7.92. The third kappa shape index (κ3) is 4.33. The van der Waals surface area contributed by atoms with Crippen molar-refractivity contribution >= 4 is 33.7 Å². The molecule has 3 aromatic carbocycles. The highest BCUT2D eigenvalue weighted by atomic mass is 19.1. The highest BCUT2D eigenvalue weighted by Gasteiger charge is 2.27. The van der Waals surface area contributed by atoms with E-state index >= 15 is 0 Å². The summed E-state index contributed by atoms with van der Waals surface area (Å²) >= 11 is 0. The predicted octanol–water partition coefficient (Wildman–Crippen LogP) is 5.75. The third-order valence-corrected chi connectivity index (χ3v) is 5.97. The van der Waals surface area contributed by atoms with E-state index in [2.05, 4.69) is 0 Å². The number of carbonyl (C=O) groups excluding carboxylic acids is 2. The van der Waals surface area contributed by atoms with E-state index in [-0.39, 0.29) is 13.2 Å². The third-order valence-electron chi connectivity index (χ3n) is 5.97. The maximum absolute atomic E-state index is 14.4. The molecule has 0 unspecified atom stereocenters. The molecule has 176 valence electrons. The SMILES string of the molecule is CCOC(=O)c1c(CN(CC)C(=O)OC)c2cc(F)ccc2n1Cc1cccc2ccccc12. The largest absolute Gasteiger partial charge is 0.461 e. The monoisotopic (exact) mass is 462 g/mol. The van der Waals surface area contributed by atoms with Crippen molar-refractivity contribution in [1.82, 2.24) is 9.47 Å². The first-order valence-corrected chi connectivity index (χ1v) is 11.3. The van der Waals surface area contributed by atoms with Gasteiger partial charge in [-0.2, -0.15) is 0 Å². The number of halogens is 1. The maximum atomic E-state index is 14.4. The number of hydrogen-bond acceptors (Lipinski definition) is 4. The van der Waals surface area contributed by atoms with Crippen LogP contribution in [-0.2, 0) is 22.6 Å². The number of esters is 1. The van der Waals surface area contributed by atoms with Crippen LogP contribution >= 0.6 is 0 Å². The van der Waals surface area contributed by atoms with Crippen LogP contribution in [0.2, 0.25) is 0 Å². The normalized spacial score (nSPS) is 11.1. The highest BCUT2D eigenvalue weighted by Crippen LogP contribution is 2.31. The van der Waals surface area contributed by atoms with Gasteiger partial charge in [0.1, 0.15) is 11.5 Å². The summed E-state index contributed by atoms with van der Waals surface area (Å²) in [4.78, 5) is 27.0. The van der Waals surface area contributed by atoms with Crippen LogP contribution in [0.5, 0.6) is 0 Å². The molecule has 0 spiro atoms. The van der Waals surface area contributed by atoms with Crippen LogP contribution in [0.1, 0.15) is 35.5 Å². The van der Waals surface area contributed by atoms with Gasteiger partial charge in [0.05, 0.1) is 20.3 Å². The standard InChI is InChI=1S/C27H27FN2O4/c1-4-29(27(32)33-3)17-23-22-15-20(28)13-14-24(22)30(25(23)26(31)34-5-2)16-19-11-8-10-18-9-6-7-12-21(18)19/h6-15H,4-5,16-17H2,1-3H3. The minimum atomic E-state index is -0.524. The molecule has 0 aliphatic carbocycles. The lowest BCUT2D eigenvalue weighted by Gasteiger charge is -2.20. The lowest BCUT2D eigenvalue weighted by atomic mass is 10.0. The molecule has 1 aromatic heterocycles. The van der Waals surface area contributed by atoms with E-state index in [4.69, 9.17) is 9.47 Å². The Labute approximate surface area is 197 Å². The molecular weight excluding hydrogens is 435 g/mol. The van der Waals surface area contributed by atoms with Gasteiger partial charge in [-0.3, -0.25) is 0 Å². The molecule has 1 heterocycles. The second-order valence-corrected chi connectivity index (χ2v) is 7.92. The molecule has 0 atom stereocenters. The number of carbonyl (C=O) groups is 2. The lowest BCUT2D eigenvalue weighted by molar-refractivity contribution is 0.0511. The van der Waals surface area contributed by atoms with E-state index in [0.717, 1.165) is 16.3 Å². The Morgan fingerprint density at radius 1 is 1.00 bits per heavy atom. The Balaban J connectivity index is 1.95. The molecular formula is C27H27FN2O4. The van der Waals surface area contributed by atoms with Crippen molar-refractivity contribution in [3.05, 3.63) is 83.3 Å². The van der Waals surface area contributed by atoms with Gasteiger partial charge in [-0.1, -0.05) is 42.5 Å². The lowest BCUT2D eigenvalue weighted by Crippen LogP contribution is -2.31. The fourth-order valence-electron chi connectivity index (χ4n) is 4.38. The summed E-state index contributed by atoms with van der Waals surface area (Å²) in [5.74, 6) is -0.942. The van der Waals surface area contributed by atoms with Gasteiger partial charge in [0.25, 0.3) is 0 Å². The minimum absolute atomic E-state index is 0.0831. The zero-order valence-electron chi connectivity index (χ0n) is 19.5. The number of amides is 1. The summed E-state index contributed by atoms with van der Waals surface area (Å²) in [7, 11) is 1.31. The van der Waals surface area contributed by atoms with E-state index in [1.54, 1.807) is 13.0 Å². The molecule has 0 fully saturated rings. The van der Waals surface area contributed by atoms with E-state index < -0.39 is 17.9 Å². The molecule has 0 aliphatic heterocycles. The van der Waals surface area contributed by atoms with Crippen LogP contribution in [0.25, 0.3) is 21.7 Å². The molecule has 4 aromatic rings. The molecule has 7 heteroatoms. The van der Waals surface area contributed by atoms with Gasteiger partial charge in [0, 0.05) is 29.6 Å². The number of rotatable bonds is 7. The quantitative estimate of drug-likeness (QED) is 0.328. The van der Waals surface area contributed by atoms with Crippen LogP contribution in [0, 0.1) is 5.82 Å². The van der Waals surface area contributed by atoms with E-state index in [0.29, 0.717) is 35.2 Å². The highest BCUT2D eigenvalue weighted by molar-refractivity contribution is 5.99. The van der Waals surface area contributed by atoms with Gasteiger partial charge in [-0.05, 0) is 48.4 Å². The van der Waals surface area contributed by atoms with Crippen LogP contribution in [0.4, 0.5) is 9.18 Å². The number of ether oxygens (including phenoxy) is 2. The van der Waals surface area contributed by atoms with Crippen LogP contribution in [0.15, 0.2) is 60.7 Å². The van der Waals surface area contributed by atoms with Crippen molar-refractivity contribution in [3.8, 4) is 0 Å². The molecule has 6 nitrogen and oxygen atoms in total. The van der Waals surface area contributed by atoms with Crippen LogP contribution in [-0.4, -0.2) is 41.8 Å². The zero-order valence-corrected chi connectivity index (χ0v) is 19.5. The maximum Gasteiger partial charge on any atom is 0.409 e. The van der Waals surface area contributed by atoms with E-state index in [9.17, 15) is 14.0 Å². The van der Waals surface area contributed by atoms with Crippen molar-refractivity contribution in [2.24, 2.45) is 0 Å². The topological polar surface area (TPSA) is 60.8 Å². The summed E-state index contributed by atoms with van der Waals surface area (Å²) < 4.78 is 26.5. The summed E-state index contributed by atoms with van der Waals surface area (Å²) in [5, 5.41) is 2.71. The smallest absolute Gasteiger partial charge is 0.409 e. The van der Waals surface area contributed by atoms with Gasteiger partial charge < -0.3 is 18.9 Å². The van der Waals surface area contributed by atoms with Crippen molar-refractivity contribution in [2.45, 2.75) is 26.9 Å². The summed E-state index contributed by atoms with van der Waals surface area (Å²) in [6.45, 7) is 4.57. The predicted molar refractivity (Wildman–Crippen MR) is 129 cm³/mol. The molecule has 0 N–H and O–H groups in total. The first-order chi connectivity index (χ1) is 16.5. The van der Waals surface area contributed by atoms with Crippen molar-refractivity contribution in [3.63, 3.8) is 0 Å². The average Bonchev–Trinajstić information content (AvgIpc) is 3.14. The fourth-order valence-corrected chi connectivity index (χ4v) is 4.38. The molecule has 1 amide bonds. The fraction of sp³-hybridized carbons (Fsp3) is 0.259. The average molecular weight is 463 g/mol. The zero-order chi connectivity index (χ0) is 24.2. The first kappa shape index (κ1) is 23.3. The van der Waals surface area contributed by atoms with Crippen molar-refractivity contribution in [1.29, 1.82) is 0 Å². The Kier molecular flexibility index (Phi) is 6.82. The minimum Gasteiger partial charge on any atom is -0.461 e. The summed E-state index contributed by atoms with van der Waals surface area (Å²) in [6.07, 6.45) is -0.524. The molecule has 4 rings (SSSR count). The van der Waals surface area contributed by atoms with Gasteiger partial charge in [0.15, 0.2) is 0 Å². The van der Waals surface area contributed by atoms with Crippen LogP contribution in [0.3, 0.4) is 0 Å². The Morgan fingerprint density at radius 3 is 2.50 bits per heavy atom. The summed E-state index contributed by atoms with van der Waals surface area (Å²) in [6, 6.07) is 18.5. The molecule has 0 aliphatic rings. The van der Waals surface area contributed by atoms with Crippen molar-refractivity contribution in [2.75, 3.05) is 20.3 Å². The number of methoxy groups -OCH3 is 1. The second kappa shape index (κ2) is 9.95. The summed E-state index contributed by atoms with van der Waals surface area (Å²) in [5.41, 5.74) is 2.53. The molecule has 34 heavy (non-hydrogen) atoms. The Hall–Kier alpha value is -3.87. The first-order valence-electron chi connectivity index (χ1n) is 11.3. The number of hydrogen-bond donors (Lipinski definition) is 0. The van der Waals surface area contributed by atoms with E-state index in [1.165, 1.54) is 24.1 Å². The number of nitrogens with zero attached hydrogens (tertiary/aromatic N) is 2. The van der Waals surface area contributed by atoms with E-state index in [1.807, 2.05) is 54.0 Å². The van der Waals surface area contributed by atoms with Gasteiger partial charge in [-0.25, -0.2) is 14.0 Å². The molecule has 0 saturated carbocycles. The van der Waals surface area contributed by atoms with Crippen molar-refractivity contribution < 1.29 is 23.5 Å².